The number of methoxy groups -OCH3 is 1. The van der Waals surface area contributed by atoms with Gasteiger partial charge in [-0.15, -0.1) is 11.3 Å². The zero-order valence-electron chi connectivity index (χ0n) is 20.1. The Bertz CT molecular complexity index is 1470. The zero-order valence-corrected chi connectivity index (χ0v) is 20.9. The molecule has 1 amide bonds. The summed E-state index contributed by atoms with van der Waals surface area (Å²) in [5.74, 6) is 1.28. The smallest absolute Gasteiger partial charge is 0.407 e. The van der Waals surface area contributed by atoms with E-state index in [-0.39, 0.29) is 12.1 Å². The van der Waals surface area contributed by atoms with Crippen LogP contribution in [-0.2, 0) is 11.2 Å². The molecule has 0 bridgehead atoms. The molecular weight excluding hydrogens is 480 g/mol. The Morgan fingerprint density at radius 3 is 2.83 bits per heavy atom. The Kier molecular flexibility index (Phi) is 5.85. The average Bonchev–Trinajstić information content (AvgIpc) is 3.50. The van der Waals surface area contributed by atoms with Gasteiger partial charge in [0.2, 0.25) is 5.88 Å². The predicted molar refractivity (Wildman–Crippen MR) is 136 cm³/mol. The van der Waals surface area contributed by atoms with Crippen LogP contribution < -0.4 is 9.47 Å². The number of hydrogen-bond donors (Lipinski definition) is 1. The van der Waals surface area contributed by atoms with Crippen LogP contribution in [0.3, 0.4) is 0 Å². The van der Waals surface area contributed by atoms with Crippen molar-refractivity contribution in [3.63, 3.8) is 0 Å². The molecule has 1 N–H and O–H groups in total. The highest BCUT2D eigenvalue weighted by molar-refractivity contribution is 7.22. The van der Waals surface area contributed by atoms with E-state index in [0.29, 0.717) is 44.9 Å². The Hall–Kier alpha value is -3.50. The number of aromatic nitrogens is 3. The van der Waals surface area contributed by atoms with E-state index < -0.39 is 6.09 Å². The molecule has 9 nitrogen and oxygen atoms in total. The Balaban J connectivity index is 1.32. The number of ether oxygens (including phenoxy) is 3. The van der Waals surface area contributed by atoms with Crippen LogP contribution in [0.25, 0.3) is 31.8 Å². The van der Waals surface area contributed by atoms with Crippen LogP contribution in [0, 0.1) is 6.92 Å². The molecule has 0 saturated carbocycles. The number of rotatable bonds is 5. The molecule has 2 aromatic carbocycles. The normalized spacial score (nSPS) is 17.8. The van der Waals surface area contributed by atoms with E-state index >= 15 is 0 Å². The Labute approximate surface area is 211 Å². The molecule has 0 aliphatic carbocycles. The van der Waals surface area contributed by atoms with Crippen molar-refractivity contribution < 1.29 is 24.1 Å². The molecule has 2 aliphatic rings. The Morgan fingerprint density at radius 1 is 1.22 bits per heavy atom. The predicted octanol–water partition coefficient (Wildman–Crippen LogP) is 4.69. The van der Waals surface area contributed by atoms with Gasteiger partial charge in [-0.1, -0.05) is 0 Å². The molecule has 0 spiro atoms. The molecule has 4 heterocycles. The van der Waals surface area contributed by atoms with E-state index in [0.717, 1.165) is 48.7 Å². The van der Waals surface area contributed by atoms with Crippen molar-refractivity contribution in [3.05, 3.63) is 41.6 Å². The number of fused-ring (bicyclic) bond motifs is 4. The first-order chi connectivity index (χ1) is 17.5. The summed E-state index contributed by atoms with van der Waals surface area (Å²) in [6, 6.07) is 7.95. The van der Waals surface area contributed by atoms with Crippen LogP contribution in [0.15, 0.2) is 30.5 Å². The lowest BCUT2D eigenvalue weighted by Gasteiger charge is -2.33. The zero-order chi connectivity index (χ0) is 24.8. The molecular formula is C26H26N4O5S. The summed E-state index contributed by atoms with van der Waals surface area (Å²) in [6.45, 7) is 3.55. The van der Waals surface area contributed by atoms with Crippen molar-refractivity contribution in [1.29, 1.82) is 0 Å². The van der Waals surface area contributed by atoms with Crippen molar-refractivity contribution in [2.45, 2.75) is 38.3 Å². The Morgan fingerprint density at radius 2 is 2.06 bits per heavy atom. The van der Waals surface area contributed by atoms with Gasteiger partial charge in [0, 0.05) is 36.8 Å². The van der Waals surface area contributed by atoms with Crippen molar-refractivity contribution in [3.8, 4) is 22.2 Å². The molecule has 1 fully saturated rings. The molecule has 1 atom stereocenters. The number of hydrogen-bond acceptors (Lipinski definition) is 8. The number of nitrogens with zero attached hydrogens (tertiary/aromatic N) is 4. The minimum absolute atomic E-state index is 0.0343. The first-order valence-electron chi connectivity index (χ1n) is 12.0. The molecule has 6 rings (SSSR count). The summed E-state index contributed by atoms with van der Waals surface area (Å²) in [6.07, 6.45) is 2.56. The second-order valence-electron chi connectivity index (χ2n) is 9.22. The highest BCUT2D eigenvalue weighted by atomic mass is 32.1. The lowest BCUT2D eigenvalue weighted by molar-refractivity contribution is 0.0246. The van der Waals surface area contributed by atoms with Crippen molar-refractivity contribution in [2.75, 3.05) is 26.9 Å². The highest BCUT2D eigenvalue weighted by Gasteiger charge is 2.33. The van der Waals surface area contributed by atoms with Crippen molar-refractivity contribution in [2.24, 2.45) is 0 Å². The maximum atomic E-state index is 12.0. The van der Waals surface area contributed by atoms with E-state index in [9.17, 15) is 9.90 Å². The fraction of sp³-hybridized carbons (Fsp3) is 0.385. The van der Waals surface area contributed by atoms with Crippen LogP contribution >= 0.6 is 11.3 Å². The van der Waals surface area contributed by atoms with Gasteiger partial charge in [0.1, 0.15) is 16.9 Å². The third-order valence-corrected chi connectivity index (χ3v) is 7.99. The third-order valence-electron chi connectivity index (χ3n) is 6.83. The van der Waals surface area contributed by atoms with Gasteiger partial charge < -0.3 is 24.2 Å². The van der Waals surface area contributed by atoms with Crippen molar-refractivity contribution in [1.82, 2.24) is 19.9 Å². The van der Waals surface area contributed by atoms with Crippen molar-refractivity contribution >= 4 is 38.7 Å². The lowest BCUT2D eigenvalue weighted by Crippen LogP contribution is -2.47. The van der Waals surface area contributed by atoms with E-state index in [1.165, 1.54) is 4.90 Å². The average molecular weight is 507 g/mol. The maximum absolute atomic E-state index is 12.0. The summed E-state index contributed by atoms with van der Waals surface area (Å²) in [5, 5.41) is 10.7. The first-order valence-corrected chi connectivity index (χ1v) is 12.8. The molecule has 4 aromatic rings. The second-order valence-corrected chi connectivity index (χ2v) is 10.2. The van der Waals surface area contributed by atoms with Gasteiger partial charge in [-0.3, -0.25) is 0 Å². The molecule has 186 valence electrons. The standard InChI is InChI=1S/C26H26N4O5S/c1-14-9-18(23-20(10-14)28-22(33-2)12-27-23)25-29-19-3-4-21-17(24(19)36-25)11-16(35-21)13-30(26(31)32)15-5-7-34-8-6-15/h3-4,9-10,12,15-16H,5-8,11,13H2,1-2H3,(H,31,32)/t16-/m0/s1. The first kappa shape index (κ1) is 22.9. The summed E-state index contributed by atoms with van der Waals surface area (Å²) in [4.78, 5) is 27.6. The maximum Gasteiger partial charge on any atom is 0.407 e. The second kappa shape index (κ2) is 9.18. The summed E-state index contributed by atoms with van der Waals surface area (Å²) in [5.41, 5.74) is 5.52. The fourth-order valence-corrected chi connectivity index (χ4v) is 6.23. The van der Waals surface area contributed by atoms with Gasteiger partial charge in [-0.05, 0) is 49.6 Å². The minimum Gasteiger partial charge on any atom is -0.488 e. The number of benzene rings is 2. The number of thiazole rings is 1. The van der Waals surface area contributed by atoms with Gasteiger partial charge in [0.25, 0.3) is 0 Å². The van der Waals surface area contributed by atoms with Crippen LogP contribution in [0.5, 0.6) is 11.6 Å². The van der Waals surface area contributed by atoms with Gasteiger partial charge in [-0.2, -0.15) is 0 Å². The van der Waals surface area contributed by atoms with Crippen LogP contribution in [0.4, 0.5) is 4.79 Å². The number of amides is 1. The molecule has 10 heteroatoms. The van der Waals surface area contributed by atoms with E-state index in [1.807, 2.05) is 25.1 Å². The third kappa shape index (κ3) is 4.10. The van der Waals surface area contributed by atoms with Gasteiger partial charge >= 0.3 is 6.09 Å². The number of carbonyl (C=O) groups is 1. The van der Waals surface area contributed by atoms with Gasteiger partial charge in [0.05, 0.1) is 41.1 Å². The lowest BCUT2D eigenvalue weighted by atomic mass is 10.1. The summed E-state index contributed by atoms with van der Waals surface area (Å²) in [7, 11) is 1.58. The highest BCUT2D eigenvalue weighted by Crippen LogP contribution is 2.42. The molecule has 2 aliphatic heterocycles. The largest absolute Gasteiger partial charge is 0.488 e. The van der Waals surface area contributed by atoms with Crippen LogP contribution in [0.1, 0.15) is 24.0 Å². The van der Waals surface area contributed by atoms with Crippen LogP contribution in [-0.4, -0.2) is 70.1 Å². The van der Waals surface area contributed by atoms with E-state index in [4.69, 9.17) is 19.2 Å². The fourth-order valence-electron chi connectivity index (χ4n) is 5.11. The molecule has 0 unspecified atom stereocenters. The SMILES string of the molecule is COc1cnc2c(-c3nc4ccc5c(c4s3)C[C@@H](CN(C(=O)O)C3CCOCC3)O5)cc(C)cc2n1. The summed E-state index contributed by atoms with van der Waals surface area (Å²) >= 11 is 1.61. The van der Waals surface area contributed by atoms with Gasteiger partial charge in [-0.25, -0.2) is 19.7 Å². The topological polar surface area (TPSA) is 107 Å². The molecule has 1 saturated heterocycles. The van der Waals surface area contributed by atoms with Crippen LogP contribution in [0.2, 0.25) is 0 Å². The molecule has 36 heavy (non-hydrogen) atoms. The minimum atomic E-state index is -0.907. The van der Waals surface area contributed by atoms with Gasteiger partial charge in [0.15, 0.2) is 0 Å². The van der Waals surface area contributed by atoms with E-state index in [2.05, 4.69) is 16.0 Å². The molecule has 2 aromatic heterocycles. The summed E-state index contributed by atoms with van der Waals surface area (Å²) < 4.78 is 17.9. The quantitative estimate of drug-likeness (QED) is 0.416. The molecule has 0 radical (unpaired) electrons. The van der Waals surface area contributed by atoms with E-state index in [1.54, 1.807) is 24.6 Å². The number of aryl methyl sites for hydroxylation is 1. The number of carboxylic acid groups (broad SMARTS) is 1. The monoisotopic (exact) mass is 506 g/mol.